The number of hydrogen-bond acceptors (Lipinski definition) is 4. The minimum absolute atomic E-state index is 0.181. The van der Waals surface area contributed by atoms with Gasteiger partial charge < -0.3 is 5.32 Å². The number of hydrogen-bond donors (Lipinski definition) is 2. The van der Waals surface area contributed by atoms with E-state index in [1.165, 1.54) is 0 Å². The zero-order valence-corrected chi connectivity index (χ0v) is 13.2. The van der Waals surface area contributed by atoms with E-state index in [1.807, 2.05) is 19.1 Å². The van der Waals surface area contributed by atoms with Crippen molar-refractivity contribution in [3.8, 4) is 0 Å². The van der Waals surface area contributed by atoms with Crippen molar-refractivity contribution in [3.63, 3.8) is 0 Å². The van der Waals surface area contributed by atoms with Gasteiger partial charge in [-0.15, -0.1) is 0 Å². The summed E-state index contributed by atoms with van der Waals surface area (Å²) in [6.07, 6.45) is 4.36. The Labute approximate surface area is 122 Å². The highest BCUT2D eigenvalue weighted by atomic mass is 32.2. The number of unbranched alkanes of at least 4 members (excludes halogenated alkanes) is 1. The second kappa shape index (κ2) is 9.05. The predicted octanol–water partition coefficient (Wildman–Crippen LogP) is 1.59. The highest BCUT2D eigenvalue weighted by molar-refractivity contribution is 7.89. The predicted molar refractivity (Wildman–Crippen MR) is 82.0 cm³/mol. The smallest absolute Gasteiger partial charge is 0.211 e. The molecule has 0 aliphatic rings. The first-order valence-electron chi connectivity index (χ1n) is 7.13. The van der Waals surface area contributed by atoms with Crippen molar-refractivity contribution in [2.24, 2.45) is 0 Å². The Hall–Kier alpha value is -0.980. The molecular weight excluding hydrogens is 274 g/mol. The molecule has 0 saturated carbocycles. The van der Waals surface area contributed by atoms with E-state index in [0.29, 0.717) is 13.0 Å². The molecule has 1 aromatic rings. The summed E-state index contributed by atoms with van der Waals surface area (Å²) >= 11 is 0. The molecule has 0 amide bonds. The van der Waals surface area contributed by atoms with Crippen molar-refractivity contribution >= 4 is 10.0 Å². The zero-order chi connectivity index (χ0) is 14.8. The third-order valence-corrected chi connectivity index (χ3v) is 4.32. The van der Waals surface area contributed by atoms with E-state index in [-0.39, 0.29) is 5.75 Å². The number of nitrogens with zero attached hydrogens (tertiary/aromatic N) is 1. The largest absolute Gasteiger partial charge is 0.317 e. The van der Waals surface area contributed by atoms with Crippen LogP contribution in [0.5, 0.6) is 0 Å². The van der Waals surface area contributed by atoms with E-state index in [0.717, 1.165) is 37.2 Å². The van der Waals surface area contributed by atoms with Gasteiger partial charge in [-0.05, 0) is 50.9 Å². The summed E-state index contributed by atoms with van der Waals surface area (Å²) in [5.74, 6) is 0.181. The summed E-state index contributed by atoms with van der Waals surface area (Å²) in [7, 11) is -3.19. The van der Waals surface area contributed by atoms with Crippen LogP contribution in [-0.4, -0.2) is 32.2 Å². The van der Waals surface area contributed by atoms with Gasteiger partial charge in [0.2, 0.25) is 10.0 Å². The van der Waals surface area contributed by atoms with Gasteiger partial charge in [0.1, 0.15) is 0 Å². The van der Waals surface area contributed by atoms with Crippen molar-refractivity contribution < 1.29 is 8.42 Å². The molecule has 0 atom stereocenters. The van der Waals surface area contributed by atoms with Crippen molar-refractivity contribution in [1.29, 1.82) is 0 Å². The lowest BCUT2D eigenvalue weighted by molar-refractivity contribution is 0.572. The maximum Gasteiger partial charge on any atom is 0.211 e. The Morgan fingerprint density at radius 1 is 1.20 bits per heavy atom. The van der Waals surface area contributed by atoms with E-state index in [2.05, 4.69) is 21.9 Å². The maximum absolute atomic E-state index is 11.8. The van der Waals surface area contributed by atoms with Gasteiger partial charge in [-0.25, -0.2) is 13.1 Å². The van der Waals surface area contributed by atoms with Gasteiger partial charge in [0.15, 0.2) is 0 Å². The van der Waals surface area contributed by atoms with E-state index in [4.69, 9.17) is 0 Å². The minimum atomic E-state index is -3.19. The Balaban J connectivity index is 2.22. The Kier molecular flexibility index (Phi) is 7.72. The molecule has 1 heterocycles. The molecular formula is C14H25N3O2S. The molecule has 0 aromatic carbocycles. The topological polar surface area (TPSA) is 71.1 Å². The van der Waals surface area contributed by atoms with Crippen LogP contribution in [0.15, 0.2) is 18.3 Å². The molecule has 0 radical (unpaired) electrons. The minimum Gasteiger partial charge on any atom is -0.317 e. The van der Waals surface area contributed by atoms with Crippen LogP contribution < -0.4 is 10.0 Å². The number of aromatic nitrogens is 1. The lowest BCUT2D eigenvalue weighted by Gasteiger charge is -2.07. The average Bonchev–Trinajstić information content (AvgIpc) is 2.42. The summed E-state index contributed by atoms with van der Waals surface area (Å²) in [4.78, 5) is 4.14. The molecule has 6 heteroatoms. The van der Waals surface area contributed by atoms with Crippen molar-refractivity contribution in [1.82, 2.24) is 15.0 Å². The van der Waals surface area contributed by atoms with Crippen LogP contribution in [0, 0.1) is 6.92 Å². The first-order chi connectivity index (χ1) is 9.53. The van der Waals surface area contributed by atoms with Crippen molar-refractivity contribution in [2.75, 3.05) is 18.8 Å². The molecule has 5 nitrogen and oxygen atoms in total. The SMILES string of the molecule is CCCNCCCCS(=O)(=O)NCc1ccc(C)nc1. The highest BCUT2D eigenvalue weighted by Gasteiger charge is 2.09. The van der Waals surface area contributed by atoms with Crippen LogP contribution in [0.1, 0.15) is 37.4 Å². The third kappa shape index (κ3) is 7.57. The third-order valence-electron chi connectivity index (χ3n) is 2.91. The number of nitrogens with one attached hydrogen (secondary N) is 2. The molecule has 1 aromatic heterocycles. The van der Waals surface area contributed by atoms with E-state index >= 15 is 0 Å². The first kappa shape index (κ1) is 17.1. The molecule has 0 aliphatic carbocycles. The van der Waals surface area contributed by atoms with Crippen molar-refractivity contribution in [2.45, 2.75) is 39.7 Å². The quantitative estimate of drug-likeness (QED) is 0.644. The molecule has 0 aliphatic heterocycles. The van der Waals surface area contributed by atoms with E-state index < -0.39 is 10.0 Å². The molecule has 1 rings (SSSR count). The summed E-state index contributed by atoms with van der Waals surface area (Å²) in [5.41, 5.74) is 1.81. The van der Waals surface area contributed by atoms with Gasteiger partial charge in [-0.1, -0.05) is 13.0 Å². The van der Waals surface area contributed by atoms with Gasteiger partial charge in [0.05, 0.1) is 5.75 Å². The molecule has 0 unspecified atom stereocenters. The molecule has 0 spiro atoms. The summed E-state index contributed by atoms with van der Waals surface area (Å²) < 4.78 is 26.2. The van der Waals surface area contributed by atoms with Crippen LogP contribution >= 0.6 is 0 Å². The summed E-state index contributed by atoms with van der Waals surface area (Å²) in [5, 5.41) is 3.26. The molecule has 0 fully saturated rings. The Morgan fingerprint density at radius 2 is 2.00 bits per heavy atom. The number of aryl methyl sites for hydroxylation is 1. The lowest BCUT2D eigenvalue weighted by Crippen LogP contribution is -2.26. The fourth-order valence-corrected chi connectivity index (χ4v) is 2.83. The fraction of sp³-hybridized carbons (Fsp3) is 0.643. The zero-order valence-electron chi connectivity index (χ0n) is 12.4. The van der Waals surface area contributed by atoms with Gasteiger partial charge in [-0.3, -0.25) is 4.98 Å². The van der Waals surface area contributed by atoms with E-state index in [1.54, 1.807) is 6.20 Å². The second-order valence-electron chi connectivity index (χ2n) is 4.90. The van der Waals surface area contributed by atoms with Crippen LogP contribution in [0.2, 0.25) is 0 Å². The van der Waals surface area contributed by atoms with Crippen LogP contribution in [0.25, 0.3) is 0 Å². The monoisotopic (exact) mass is 299 g/mol. The molecule has 0 saturated heterocycles. The van der Waals surface area contributed by atoms with Gasteiger partial charge in [0, 0.05) is 18.4 Å². The maximum atomic E-state index is 11.8. The number of pyridine rings is 1. The van der Waals surface area contributed by atoms with Gasteiger partial charge in [-0.2, -0.15) is 0 Å². The van der Waals surface area contributed by atoms with Crippen LogP contribution in [0.4, 0.5) is 0 Å². The summed E-state index contributed by atoms with van der Waals surface area (Å²) in [6, 6.07) is 3.77. The average molecular weight is 299 g/mol. The van der Waals surface area contributed by atoms with Crippen LogP contribution in [0.3, 0.4) is 0 Å². The van der Waals surface area contributed by atoms with E-state index in [9.17, 15) is 8.42 Å². The molecule has 114 valence electrons. The van der Waals surface area contributed by atoms with Gasteiger partial charge >= 0.3 is 0 Å². The second-order valence-corrected chi connectivity index (χ2v) is 6.83. The van der Waals surface area contributed by atoms with Gasteiger partial charge in [0.25, 0.3) is 0 Å². The van der Waals surface area contributed by atoms with Crippen LogP contribution in [-0.2, 0) is 16.6 Å². The first-order valence-corrected chi connectivity index (χ1v) is 8.78. The number of sulfonamides is 1. The standard InChI is InChI=1S/C14H25N3O2S/c1-3-8-15-9-4-5-10-20(18,19)17-12-14-7-6-13(2)16-11-14/h6-7,11,15,17H,3-5,8-10,12H2,1-2H3. The number of rotatable bonds is 10. The Morgan fingerprint density at radius 3 is 2.65 bits per heavy atom. The summed E-state index contributed by atoms with van der Waals surface area (Å²) in [6.45, 7) is 6.20. The molecule has 0 bridgehead atoms. The lowest BCUT2D eigenvalue weighted by atomic mass is 10.2. The highest BCUT2D eigenvalue weighted by Crippen LogP contribution is 2.01. The molecule has 2 N–H and O–H groups in total. The fourth-order valence-electron chi connectivity index (χ4n) is 1.71. The van der Waals surface area contributed by atoms with Crippen molar-refractivity contribution in [3.05, 3.63) is 29.6 Å². The Bertz CT molecular complexity index is 472. The normalized spacial score (nSPS) is 11.7. The molecule has 20 heavy (non-hydrogen) atoms.